The highest BCUT2D eigenvalue weighted by Gasteiger charge is 2.63. The van der Waals surface area contributed by atoms with Crippen molar-refractivity contribution in [2.24, 2.45) is 17.6 Å². The maximum absolute atomic E-state index is 13.9. The summed E-state index contributed by atoms with van der Waals surface area (Å²) in [5, 5.41) is 56.7. The number of aliphatic hydroxyl groups is 3. The molecule has 3 aliphatic carbocycles. The van der Waals surface area contributed by atoms with Crippen molar-refractivity contribution in [3.8, 4) is 22.9 Å². The standard InChI is InChI=1S/C31H32N4O7/c1-35(2)25-20-13-17-12-19-18(16-6-4-15(5-7-16)14-34-11-3-10-32)8-9-21(36)23(19)26(37)22(17)28(39)31(20,42)29(40)24(27(25)38)30(33)41/h4-9,17,20,25,34,36,38-39,42H,3,11-14H2,1-2H3,(H2,33,41)/t17-,20-,25-,31-/m0/s1. The molecule has 4 atom stereocenters. The molecule has 0 saturated carbocycles. The van der Waals surface area contributed by atoms with E-state index in [0.29, 0.717) is 30.6 Å². The highest BCUT2D eigenvalue weighted by Crippen LogP contribution is 2.53. The molecule has 0 heterocycles. The van der Waals surface area contributed by atoms with Gasteiger partial charge >= 0.3 is 0 Å². The van der Waals surface area contributed by atoms with E-state index >= 15 is 0 Å². The van der Waals surface area contributed by atoms with E-state index in [9.17, 15) is 34.8 Å². The zero-order valence-corrected chi connectivity index (χ0v) is 23.2. The summed E-state index contributed by atoms with van der Waals surface area (Å²) in [5.41, 5.74) is 4.72. The number of nitrogens with one attached hydrogen (secondary N) is 1. The van der Waals surface area contributed by atoms with Crippen molar-refractivity contribution in [3.05, 3.63) is 75.8 Å². The first-order chi connectivity index (χ1) is 19.9. The summed E-state index contributed by atoms with van der Waals surface area (Å²) >= 11 is 0. The molecule has 0 bridgehead atoms. The summed E-state index contributed by atoms with van der Waals surface area (Å²) in [5.74, 6) is -6.79. The normalized spacial score (nSPS) is 25.2. The van der Waals surface area contributed by atoms with Crippen LogP contribution in [0.2, 0.25) is 0 Å². The number of nitrogens with two attached hydrogens (primary N) is 1. The molecule has 42 heavy (non-hydrogen) atoms. The fourth-order valence-corrected chi connectivity index (χ4v) is 6.70. The second-order valence-electron chi connectivity index (χ2n) is 11.2. The number of ketones is 2. The number of benzene rings is 2. The van der Waals surface area contributed by atoms with Crippen LogP contribution in [0, 0.1) is 23.2 Å². The number of phenols is 1. The van der Waals surface area contributed by atoms with Crippen LogP contribution in [0.5, 0.6) is 5.75 Å². The first-order valence-corrected chi connectivity index (χ1v) is 13.6. The van der Waals surface area contributed by atoms with Gasteiger partial charge in [0, 0.05) is 31.0 Å². The van der Waals surface area contributed by atoms with Gasteiger partial charge in [-0.05, 0) is 61.2 Å². The number of phenolic OH excluding ortho intramolecular Hbond substituents is 1. The Kier molecular flexibility index (Phi) is 7.41. The van der Waals surface area contributed by atoms with E-state index in [0.717, 1.165) is 11.1 Å². The van der Waals surface area contributed by atoms with Crippen LogP contribution < -0.4 is 11.1 Å². The molecule has 0 unspecified atom stereocenters. The van der Waals surface area contributed by atoms with E-state index in [1.165, 1.54) is 11.0 Å². The Morgan fingerprint density at radius 3 is 2.45 bits per heavy atom. The zero-order valence-electron chi connectivity index (χ0n) is 23.2. The highest BCUT2D eigenvalue weighted by molar-refractivity contribution is 6.24. The van der Waals surface area contributed by atoms with E-state index in [1.807, 2.05) is 24.3 Å². The molecule has 11 heteroatoms. The number of primary amides is 1. The second kappa shape index (κ2) is 10.7. The topological polar surface area (TPSA) is 197 Å². The minimum Gasteiger partial charge on any atom is -0.510 e. The number of amides is 1. The van der Waals surface area contributed by atoms with E-state index < -0.39 is 58.0 Å². The summed E-state index contributed by atoms with van der Waals surface area (Å²) in [6.07, 6.45) is 0.632. The molecule has 218 valence electrons. The molecule has 0 aromatic heterocycles. The number of hydrogen-bond donors (Lipinski definition) is 6. The van der Waals surface area contributed by atoms with Crippen molar-refractivity contribution in [2.75, 3.05) is 20.6 Å². The van der Waals surface area contributed by atoms with Crippen molar-refractivity contribution in [1.82, 2.24) is 10.2 Å². The first kappa shape index (κ1) is 29.0. The smallest absolute Gasteiger partial charge is 0.255 e. The van der Waals surface area contributed by atoms with Gasteiger partial charge in [0.1, 0.15) is 22.8 Å². The van der Waals surface area contributed by atoms with Crippen molar-refractivity contribution in [2.45, 2.75) is 37.5 Å². The number of nitriles is 1. The summed E-state index contributed by atoms with van der Waals surface area (Å²) in [4.78, 5) is 41.0. The van der Waals surface area contributed by atoms with Gasteiger partial charge in [-0.1, -0.05) is 30.3 Å². The minimum absolute atomic E-state index is 0.0220. The number of rotatable bonds is 7. The molecular formula is C31H32N4O7. The quantitative estimate of drug-likeness (QED) is 0.210. The summed E-state index contributed by atoms with van der Waals surface area (Å²) in [6.45, 7) is 1.15. The molecule has 5 rings (SSSR count). The van der Waals surface area contributed by atoms with Gasteiger partial charge in [-0.3, -0.25) is 19.3 Å². The zero-order chi connectivity index (χ0) is 30.5. The number of hydrogen-bond acceptors (Lipinski definition) is 10. The van der Waals surface area contributed by atoms with Gasteiger partial charge in [0.2, 0.25) is 5.78 Å². The lowest BCUT2D eigenvalue weighted by Crippen LogP contribution is -2.63. The minimum atomic E-state index is -2.67. The predicted molar refractivity (Wildman–Crippen MR) is 151 cm³/mol. The Morgan fingerprint density at radius 1 is 1.14 bits per heavy atom. The summed E-state index contributed by atoms with van der Waals surface area (Å²) in [7, 11) is 3.18. The molecule has 0 radical (unpaired) electrons. The Hall–Kier alpha value is -4.50. The third-order valence-corrected chi connectivity index (χ3v) is 8.61. The van der Waals surface area contributed by atoms with E-state index in [4.69, 9.17) is 11.0 Å². The van der Waals surface area contributed by atoms with Gasteiger partial charge in [0.25, 0.3) is 5.91 Å². The molecule has 2 aromatic carbocycles. The van der Waals surface area contributed by atoms with E-state index in [-0.39, 0.29) is 29.7 Å². The number of carbonyl (C=O) groups excluding carboxylic acids is 3. The number of nitrogens with zero attached hydrogens (tertiary/aromatic N) is 2. The number of allylic oxidation sites excluding steroid dienone is 1. The van der Waals surface area contributed by atoms with Crippen molar-refractivity contribution >= 4 is 17.5 Å². The summed E-state index contributed by atoms with van der Waals surface area (Å²) in [6, 6.07) is 11.8. The highest BCUT2D eigenvalue weighted by atomic mass is 16.3. The van der Waals surface area contributed by atoms with E-state index in [1.54, 1.807) is 20.2 Å². The van der Waals surface area contributed by atoms with Crippen LogP contribution in [0.25, 0.3) is 11.1 Å². The van der Waals surface area contributed by atoms with Crippen molar-refractivity contribution in [1.29, 1.82) is 5.26 Å². The molecule has 0 saturated heterocycles. The third-order valence-electron chi connectivity index (χ3n) is 8.61. The van der Waals surface area contributed by atoms with Gasteiger partial charge in [0.15, 0.2) is 11.4 Å². The average Bonchev–Trinajstić information content (AvgIpc) is 2.93. The van der Waals surface area contributed by atoms with Crippen molar-refractivity contribution < 1.29 is 34.8 Å². The van der Waals surface area contributed by atoms with Gasteiger partial charge in [-0.25, -0.2) is 0 Å². The molecule has 2 aromatic rings. The fourth-order valence-electron chi connectivity index (χ4n) is 6.70. The number of aromatic hydroxyl groups is 1. The Labute approximate surface area is 242 Å². The van der Waals surface area contributed by atoms with Gasteiger partial charge in [0.05, 0.1) is 17.7 Å². The van der Waals surface area contributed by atoms with Gasteiger partial charge in [-0.2, -0.15) is 5.26 Å². The first-order valence-electron chi connectivity index (χ1n) is 13.6. The van der Waals surface area contributed by atoms with Gasteiger partial charge < -0.3 is 31.5 Å². The van der Waals surface area contributed by atoms with Crippen LogP contribution in [0.4, 0.5) is 0 Å². The van der Waals surface area contributed by atoms with Crippen LogP contribution in [-0.4, -0.2) is 75.1 Å². The fraction of sp³-hybridized carbons (Fsp3) is 0.355. The number of likely N-dealkylation sites (N-methyl/N-ethyl adjacent to an activating group) is 1. The predicted octanol–water partition coefficient (Wildman–Crippen LogP) is 1.79. The number of aliphatic hydroxyl groups excluding tert-OH is 2. The largest absolute Gasteiger partial charge is 0.510 e. The molecule has 0 aliphatic heterocycles. The van der Waals surface area contributed by atoms with Crippen LogP contribution in [-0.2, 0) is 22.6 Å². The second-order valence-corrected chi connectivity index (χ2v) is 11.2. The number of Topliss-reactive ketones (excluding diaryl/α,β-unsaturated/α-hetero) is 2. The lowest BCUT2D eigenvalue weighted by Gasteiger charge is -2.50. The Balaban J connectivity index is 1.58. The van der Waals surface area contributed by atoms with Crippen LogP contribution in [0.1, 0.15) is 34.3 Å². The van der Waals surface area contributed by atoms with Crippen molar-refractivity contribution in [3.63, 3.8) is 0 Å². The SMILES string of the molecule is CN(C)[C@@H]1C(O)=C(C(N)=O)C(=O)[C@@]2(O)C(O)=C3C(=O)c4c(O)ccc(-c5ccc(CNCCC#N)cc5)c4C[C@H]3C[C@@H]12. The van der Waals surface area contributed by atoms with Crippen LogP contribution in [0.15, 0.2) is 59.1 Å². The molecular weight excluding hydrogens is 540 g/mol. The third kappa shape index (κ3) is 4.36. The lowest BCUT2D eigenvalue weighted by molar-refractivity contribution is -0.148. The maximum atomic E-state index is 13.9. The molecule has 7 N–H and O–H groups in total. The monoisotopic (exact) mass is 572 g/mol. The lowest BCUT2D eigenvalue weighted by atomic mass is 9.58. The molecule has 0 spiro atoms. The van der Waals surface area contributed by atoms with E-state index in [2.05, 4.69) is 11.4 Å². The van der Waals surface area contributed by atoms with Crippen LogP contribution in [0.3, 0.4) is 0 Å². The molecule has 11 nitrogen and oxygen atoms in total. The van der Waals surface area contributed by atoms with Crippen LogP contribution >= 0.6 is 0 Å². The molecule has 3 aliphatic rings. The van der Waals surface area contributed by atoms with Gasteiger partial charge in [-0.15, -0.1) is 0 Å². The maximum Gasteiger partial charge on any atom is 0.255 e. The molecule has 0 fully saturated rings. The molecule has 1 amide bonds. The Bertz CT molecular complexity index is 1600. The number of carbonyl (C=O) groups is 3. The average molecular weight is 573 g/mol. The number of fused-ring (bicyclic) bond motifs is 3. The summed E-state index contributed by atoms with van der Waals surface area (Å²) < 4.78 is 0. The Morgan fingerprint density at radius 2 is 1.83 bits per heavy atom.